The molecule has 1 aromatic rings. The van der Waals surface area contributed by atoms with Crippen molar-refractivity contribution in [3.05, 3.63) is 24.2 Å². The van der Waals surface area contributed by atoms with Crippen LogP contribution in [0.15, 0.2) is 22.8 Å². The summed E-state index contributed by atoms with van der Waals surface area (Å²) in [7, 11) is 0. The van der Waals surface area contributed by atoms with E-state index in [0.717, 1.165) is 25.1 Å². The van der Waals surface area contributed by atoms with Gasteiger partial charge >= 0.3 is 6.09 Å². The number of rotatable bonds is 3. The van der Waals surface area contributed by atoms with Crippen molar-refractivity contribution in [2.24, 2.45) is 0 Å². The Labute approximate surface area is 126 Å². The number of furan rings is 1. The fourth-order valence-electron chi connectivity index (χ4n) is 2.42. The van der Waals surface area contributed by atoms with Gasteiger partial charge in [0.1, 0.15) is 17.5 Å². The van der Waals surface area contributed by atoms with Gasteiger partial charge < -0.3 is 18.8 Å². The van der Waals surface area contributed by atoms with E-state index in [0.29, 0.717) is 6.54 Å². The predicted octanol–water partition coefficient (Wildman–Crippen LogP) is 3.76. The Hall–Kier alpha value is -1.49. The highest BCUT2D eigenvalue weighted by atomic mass is 16.6. The van der Waals surface area contributed by atoms with E-state index in [4.69, 9.17) is 13.9 Å². The first-order valence-electron chi connectivity index (χ1n) is 7.52. The molecule has 1 amide bonds. The molecule has 0 bridgehead atoms. The van der Waals surface area contributed by atoms with Gasteiger partial charge in [-0.15, -0.1) is 0 Å². The van der Waals surface area contributed by atoms with Crippen molar-refractivity contribution in [3.8, 4) is 0 Å². The van der Waals surface area contributed by atoms with Crippen molar-refractivity contribution in [1.82, 2.24) is 4.90 Å². The molecule has 118 valence electrons. The van der Waals surface area contributed by atoms with Crippen molar-refractivity contribution in [2.45, 2.75) is 58.3 Å². The summed E-state index contributed by atoms with van der Waals surface area (Å²) >= 11 is 0. The number of ether oxygens (including phenoxy) is 2. The Morgan fingerprint density at radius 2 is 2.24 bits per heavy atom. The molecular weight excluding hydrogens is 270 g/mol. The number of carbonyl (C=O) groups excluding carboxylic acids is 1. The lowest BCUT2D eigenvalue weighted by molar-refractivity contribution is -0.0544. The highest BCUT2D eigenvalue weighted by Crippen LogP contribution is 2.24. The highest BCUT2D eigenvalue weighted by Gasteiger charge is 2.29. The number of carbonyl (C=O) groups is 1. The van der Waals surface area contributed by atoms with Crippen LogP contribution in [-0.4, -0.2) is 35.8 Å². The van der Waals surface area contributed by atoms with Crippen molar-refractivity contribution >= 4 is 6.09 Å². The first-order chi connectivity index (χ1) is 9.85. The van der Waals surface area contributed by atoms with Crippen LogP contribution < -0.4 is 0 Å². The molecule has 1 unspecified atom stereocenters. The smallest absolute Gasteiger partial charge is 0.410 e. The summed E-state index contributed by atoms with van der Waals surface area (Å²) in [5.41, 5.74) is -0.466. The zero-order valence-electron chi connectivity index (χ0n) is 13.3. The van der Waals surface area contributed by atoms with Crippen molar-refractivity contribution in [3.63, 3.8) is 0 Å². The summed E-state index contributed by atoms with van der Waals surface area (Å²) in [4.78, 5) is 13.8. The number of hydrogen-bond donors (Lipinski definition) is 0. The summed E-state index contributed by atoms with van der Waals surface area (Å²) in [5.74, 6) is 0.810. The summed E-state index contributed by atoms with van der Waals surface area (Å²) in [6.45, 7) is 8.89. The van der Waals surface area contributed by atoms with Crippen LogP contribution in [0.2, 0.25) is 0 Å². The molecule has 1 saturated heterocycles. The zero-order valence-corrected chi connectivity index (χ0v) is 13.3. The summed E-state index contributed by atoms with van der Waals surface area (Å²) < 4.78 is 16.8. The van der Waals surface area contributed by atoms with Gasteiger partial charge in [0, 0.05) is 6.54 Å². The Bertz CT molecular complexity index is 449. The third-order valence-corrected chi connectivity index (χ3v) is 3.37. The van der Waals surface area contributed by atoms with E-state index in [1.807, 2.05) is 39.8 Å². The molecule has 2 rings (SSSR count). The lowest BCUT2D eigenvalue weighted by atomic mass is 10.1. The molecule has 21 heavy (non-hydrogen) atoms. The van der Waals surface area contributed by atoms with Crippen LogP contribution in [-0.2, 0) is 9.47 Å². The zero-order chi connectivity index (χ0) is 15.5. The van der Waals surface area contributed by atoms with Gasteiger partial charge in [-0.05, 0) is 52.7 Å². The molecule has 0 radical (unpaired) electrons. The van der Waals surface area contributed by atoms with Gasteiger partial charge in [-0.3, -0.25) is 0 Å². The van der Waals surface area contributed by atoms with Crippen LogP contribution in [0.1, 0.15) is 52.4 Å². The minimum atomic E-state index is -0.466. The Morgan fingerprint density at radius 1 is 1.48 bits per heavy atom. The molecule has 1 aromatic heterocycles. The molecule has 2 heterocycles. The van der Waals surface area contributed by atoms with E-state index >= 15 is 0 Å². The molecule has 1 aliphatic rings. The van der Waals surface area contributed by atoms with Gasteiger partial charge in [-0.2, -0.15) is 0 Å². The summed E-state index contributed by atoms with van der Waals surface area (Å²) in [5, 5.41) is 0. The lowest BCUT2D eigenvalue weighted by Crippen LogP contribution is -2.45. The summed E-state index contributed by atoms with van der Waals surface area (Å²) in [6.07, 6.45) is 3.17. The molecule has 5 heteroatoms. The fraction of sp³-hybridized carbons (Fsp3) is 0.688. The molecule has 0 saturated carbocycles. The first-order valence-corrected chi connectivity index (χ1v) is 7.52. The average molecular weight is 295 g/mol. The lowest BCUT2D eigenvalue weighted by Gasteiger charge is -2.34. The van der Waals surface area contributed by atoms with Crippen LogP contribution in [0.5, 0.6) is 0 Å². The second-order valence-corrected chi connectivity index (χ2v) is 6.48. The number of nitrogens with zero attached hydrogens (tertiary/aromatic N) is 1. The Kier molecular flexibility index (Phi) is 4.93. The third-order valence-electron chi connectivity index (χ3n) is 3.37. The van der Waals surface area contributed by atoms with Gasteiger partial charge in [0.2, 0.25) is 0 Å². The quantitative estimate of drug-likeness (QED) is 0.852. The monoisotopic (exact) mass is 295 g/mol. The summed E-state index contributed by atoms with van der Waals surface area (Å²) in [6, 6.07) is 3.75. The van der Waals surface area contributed by atoms with E-state index < -0.39 is 5.60 Å². The van der Waals surface area contributed by atoms with E-state index in [1.165, 1.54) is 0 Å². The highest BCUT2D eigenvalue weighted by molar-refractivity contribution is 5.68. The number of likely N-dealkylation sites (tertiary alicyclic amines) is 1. The van der Waals surface area contributed by atoms with E-state index in [9.17, 15) is 4.79 Å². The standard InChI is InChI=1S/C16H25NO4/c1-12(14-8-6-10-19-14)20-13-7-5-9-17(11-13)15(18)21-16(2,3)4/h6,8,10,12-13H,5,7,9,11H2,1-4H3/t12?,13-/m1/s1. The maximum Gasteiger partial charge on any atom is 0.410 e. The molecule has 2 atom stereocenters. The maximum atomic E-state index is 12.1. The molecule has 0 spiro atoms. The van der Waals surface area contributed by atoms with Crippen LogP contribution >= 0.6 is 0 Å². The van der Waals surface area contributed by atoms with Gasteiger partial charge in [-0.25, -0.2) is 4.79 Å². The van der Waals surface area contributed by atoms with Gasteiger partial charge in [0.15, 0.2) is 0 Å². The largest absolute Gasteiger partial charge is 0.467 e. The normalized spacial score (nSPS) is 21.1. The number of hydrogen-bond acceptors (Lipinski definition) is 4. The van der Waals surface area contributed by atoms with Crippen molar-refractivity contribution < 1.29 is 18.7 Å². The second kappa shape index (κ2) is 6.52. The molecule has 0 N–H and O–H groups in total. The van der Waals surface area contributed by atoms with E-state index in [2.05, 4.69) is 0 Å². The van der Waals surface area contributed by atoms with Crippen molar-refractivity contribution in [1.29, 1.82) is 0 Å². The van der Waals surface area contributed by atoms with Gasteiger partial charge in [0.25, 0.3) is 0 Å². The molecule has 5 nitrogen and oxygen atoms in total. The Morgan fingerprint density at radius 3 is 2.86 bits per heavy atom. The second-order valence-electron chi connectivity index (χ2n) is 6.48. The molecule has 1 fully saturated rings. The topological polar surface area (TPSA) is 51.9 Å². The van der Waals surface area contributed by atoms with E-state index in [1.54, 1.807) is 11.2 Å². The predicted molar refractivity (Wildman–Crippen MR) is 79.0 cm³/mol. The molecule has 0 aromatic carbocycles. The molecule has 1 aliphatic heterocycles. The van der Waals surface area contributed by atoms with E-state index in [-0.39, 0.29) is 18.3 Å². The SMILES string of the molecule is CC(O[C@@H]1CCCN(C(=O)OC(C)(C)C)C1)c1ccco1. The molecular formula is C16H25NO4. The first kappa shape index (κ1) is 15.9. The average Bonchev–Trinajstić information content (AvgIpc) is 2.91. The number of amides is 1. The van der Waals surface area contributed by atoms with Gasteiger partial charge in [-0.1, -0.05) is 0 Å². The third kappa shape index (κ3) is 4.77. The van der Waals surface area contributed by atoms with Crippen LogP contribution in [0.4, 0.5) is 4.79 Å². The minimum absolute atomic E-state index is 0.0198. The molecule has 0 aliphatic carbocycles. The Balaban J connectivity index is 1.87. The van der Waals surface area contributed by atoms with Gasteiger partial charge in [0.05, 0.1) is 18.9 Å². The fourth-order valence-corrected chi connectivity index (χ4v) is 2.42. The van der Waals surface area contributed by atoms with Crippen LogP contribution in [0.25, 0.3) is 0 Å². The number of piperidine rings is 1. The van der Waals surface area contributed by atoms with Crippen molar-refractivity contribution in [2.75, 3.05) is 13.1 Å². The minimum Gasteiger partial charge on any atom is -0.467 e. The maximum absolute atomic E-state index is 12.1. The van der Waals surface area contributed by atoms with Crippen LogP contribution in [0, 0.1) is 0 Å². The van der Waals surface area contributed by atoms with Crippen LogP contribution in [0.3, 0.4) is 0 Å².